The average molecular weight is 297 g/mol. The lowest BCUT2D eigenvalue weighted by atomic mass is 9.85. The van der Waals surface area contributed by atoms with E-state index in [2.05, 4.69) is 5.32 Å². The highest BCUT2D eigenvalue weighted by Gasteiger charge is 2.51. The second-order valence-corrected chi connectivity index (χ2v) is 7.69. The molecule has 2 aliphatic carbocycles. The monoisotopic (exact) mass is 297 g/mol. The van der Waals surface area contributed by atoms with Crippen LogP contribution in [0.4, 0.5) is 0 Å². The van der Waals surface area contributed by atoms with E-state index in [-0.39, 0.29) is 11.8 Å². The normalized spacial score (nSPS) is 37.6. The SMILES string of the molecule is O=C(NC1(C(=O)O)CCSC1)C1CC1C1CCCCC1. The molecule has 112 valence electrons. The fourth-order valence-electron chi connectivity index (χ4n) is 3.81. The van der Waals surface area contributed by atoms with Crippen molar-refractivity contribution in [2.45, 2.75) is 50.5 Å². The number of carboxylic acids is 1. The fourth-order valence-corrected chi connectivity index (χ4v) is 5.14. The Morgan fingerprint density at radius 1 is 1.20 bits per heavy atom. The van der Waals surface area contributed by atoms with Crippen molar-refractivity contribution in [1.82, 2.24) is 5.32 Å². The molecule has 20 heavy (non-hydrogen) atoms. The number of nitrogens with one attached hydrogen (secondary N) is 1. The number of carboxylic acid groups (broad SMARTS) is 1. The zero-order valence-electron chi connectivity index (χ0n) is 11.8. The second-order valence-electron chi connectivity index (χ2n) is 6.58. The van der Waals surface area contributed by atoms with Gasteiger partial charge in [0.25, 0.3) is 0 Å². The molecule has 1 aliphatic heterocycles. The molecule has 0 spiro atoms. The molecule has 3 rings (SSSR count). The molecular formula is C15H23NO3S. The van der Waals surface area contributed by atoms with Gasteiger partial charge in [-0.15, -0.1) is 0 Å². The van der Waals surface area contributed by atoms with Crippen molar-refractivity contribution in [2.75, 3.05) is 11.5 Å². The van der Waals surface area contributed by atoms with Crippen LogP contribution >= 0.6 is 11.8 Å². The molecule has 0 aromatic rings. The number of amides is 1. The minimum absolute atomic E-state index is 0.00882. The van der Waals surface area contributed by atoms with Crippen molar-refractivity contribution in [3.8, 4) is 0 Å². The van der Waals surface area contributed by atoms with Crippen molar-refractivity contribution in [1.29, 1.82) is 0 Å². The van der Waals surface area contributed by atoms with E-state index in [0.717, 1.165) is 12.2 Å². The first-order valence-corrected chi connectivity index (χ1v) is 8.91. The van der Waals surface area contributed by atoms with Gasteiger partial charge in [0.15, 0.2) is 0 Å². The fraction of sp³-hybridized carbons (Fsp3) is 0.867. The Balaban J connectivity index is 1.56. The maximum Gasteiger partial charge on any atom is 0.330 e. The summed E-state index contributed by atoms with van der Waals surface area (Å²) in [7, 11) is 0. The third-order valence-corrected chi connectivity index (χ3v) is 6.42. The van der Waals surface area contributed by atoms with E-state index in [0.29, 0.717) is 24.0 Å². The van der Waals surface area contributed by atoms with E-state index in [1.807, 2.05) is 0 Å². The molecule has 0 aromatic carbocycles. The van der Waals surface area contributed by atoms with Gasteiger partial charge in [0, 0.05) is 11.7 Å². The van der Waals surface area contributed by atoms with Crippen molar-refractivity contribution >= 4 is 23.6 Å². The molecule has 3 aliphatic rings. The Hall–Kier alpha value is -0.710. The van der Waals surface area contributed by atoms with Gasteiger partial charge in [-0.05, 0) is 30.4 Å². The molecule has 3 fully saturated rings. The first-order valence-electron chi connectivity index (χ1n) is 7.75. The smallest absolute Gasteiger partial charge is 0.330 e. The molecule has 0 aromatic heterocycles. The molecule has 2 N–H and O–H groups in total. The quantitative estimate of drug-likeness (QED) is 0.835. The average Bonchev–Trinajstić information content (AvgIpc) is 3.12. The van der Waals surface area contributed by atoms with Gasteiger partial charge in [-0.3, -0.25) is 4.79 Å². The minimum Gasteiger partial charge on any atom is -0.479 e. The van der Waals surface area contributed by atoms with Crippen LogP contribution in [0.25, 0.3) is 0 Å². The Kier molecular flexibility index (Phi) is 3.98. The van der Waals surface area contributed by atoms with E-state index >= 15 is 0 Å². The summed E-state index contributed by atoms with van der Waals surface area (Å²) < 4.78 is 0. The Bertz CT molecular complexity index is 400. The highest BCUT2D eigenvalue weighted by atomic mass is 32.2. The summed E-state index contributed by atoms with van der Waals surface area (Å²) in [6, 6.07) is 0. The second kappa shape index (κ2) is 5.58. The van der Waals surface area contributed by atoms with E-state index in [1.165, 1.54) is 32.1 Å². The van der Waals surface area contributed by atoms with Gasteiger partial charge >= 0.3 is 5.97 Å². The maximum absolute atomic E-state index is 12.3. The number of thioether (sulfide) groups is 1. The molecule has 1 heterocycles. The number of aliphatic carboxylic acids is 1. The zero-order valence-corrected chi connectivity index (χ0v) is 12.6. The Morgan fingerprint density at radius 3 is 2.55 bits per heavy atom. The standard InChI is InChI=1S/C15H23NO3S/c17-13(16-15(14(18)19)6-7-20-9-15)12-8-11(12)10-4-2-1-3-5-10/h10-12H,1-9H2,(H,16,17)(H,18,19). The van der Waals surface area contributed by atoms with Crippen LogP contribution in [0.5, 0.6) is 0 Å². The summed E-state index contributed by atoms with van der Waals surface area (Å²) in [6.07, 6.45) is 7.97. The lowest BCUT2D eigenvalue weighted by molar-refractivity contribution is -0.146. The summed E-state index contributed by atoms with van der Waals surface area (Å²) in [5.74, 6) is 1.77. The highest BCUT2D eigenvalue weighted by molar-refractivity contribution is 7.99. The zero-order chi connectivity index (χ0) is 14.2. The van der Waals surface area contributed by atoms with Gasteiger partial charge in [0.1, 0.15) is 5.54 Å². The number of hydrogen-bond donors (Lipinski definition) is 2. The predicted octanol–water partition coefficient (Wildman–Crippen LogP) is 2.28. The van der Waals surface area contributed by atoms with Gasteiger partial charge in [0.05, 0.1) is 0 Å². The number of carbonyl (C=O) groups is 2. The van der Waals surface area contributed by atoms with Crippen molar-refractivity contribution < 1.29 is 14.7 Å². The summed E-state index contributed by atoms with van der Waals surface area (Å²) in [6.45, 7) is 0. The summed E-state index contributed by atoms with van der Waals surface area (Å²) in [5, 5.41) is 12.3. The van der Waals surface area contributed by atoms with Crippen LogP contribution < -0.4 is 5.32 Å². The van der Waals surface area contributed by atoms with Gasteiger partial charge in [-0.1, -0.05) is 32.1 Å². The summed E-state index contributed by atoms with van der Waals surface area (Å²) in [4.78, 5) is 23.8. The number of rotatable bonds is 4. The van der Waals surface area contributed by atoms with Crippen LogP contribution in [0, 0.1) is 17.8 Å². The van der Waals surface area contributed by atoms with Crippen LogP contribution in [-0.2, 0) is 9.59 Å². The maximum atomic E-state index is 12.3. The molecule has 0 bridgehead atoms. The minimum atomic E-state index is -0.999. The van der Waals surface area contributed by atoms with Gasteiger partial charge in [-0.25, -0.2) is 4.79 Å². The lowest BCUT2D eigenvalue weighted by Crippen LogP contribution is -2.55. The lowest BCUT2D eigenvalue weighted by Gasteiger charge is -2.25. The largest absolute Gasteiger partial charge is 0.479 e. The summed E-state index contributed by atoms with van der Waals surface area (Å²) in [5.41, 5.74) is -0.999. The Labute approximate surface area is 124 Å². The molecule has 3 unspecified atom stereocenters. The Morgan fingerprint density at radius 2 is 1.95 bits per heavy atom. The van der Waals surface area contributed by atoms with Gasteiger partial charge in [-0.2, -0.15) is 11.8 Å². The van der Waals surface area contributed by atoms with Crippen LogP contribution in [0.2, 0.25) is 0 Å². The number of hydrogen-bond acceptors (Lipinski definition) is 3. The first-order chi connectivity index (χ1) is 9.62. The molecule has 0 radical (unpaired) electrons. The van der Waals surface area contributed by atoms with Crippen LogP contribution in [0.15, 0.2) is 0 Å². The van der Waals surface area contributed by atoms with E-state index in [9.17, 15) is 14.7 Å². The van der Waals surface area contributed by atoms with E-state index in [1.54, 1.807) is 11.8 Å². The van der Waals surface area contributed by atoms with Crippen LogP contribution in [0.1, 0.15) is 44.9 Å². The van der Waals surface area contributed by atoms with Crippen molar-refractivity contribution in [3.05, 3.63) is 0 Å². The molecule has 1 amide bonds. The molecule has 4 nitrogen and oxygen atoms in total. The highest BCUT2D eigenvalue weighted by Crippen LogP contribution is 2.49. The topological polar surface area (TPSA) is 66.4 Å². The summed E-state index contributed by atoms with van der Waals surface area (Å²) >= 11 is 1.62. The van der Waals surface area contributed by atoms with Crippen molar-refractivity contribution in [2.24, 2.45) is 17.8 Å². The molecule has 2 saturated carbocycles. The van der Waals surface area contributed by atoms with E-state index < -0.39 is 11.5 Å². The molecule has 3 atom stereocenters. The molecule has 5 heteroatoms. The molecular weight excluding hydrogens is 274 g/mol. The third kappa shape index (κ3) is 2.69. The number of carbonyl (C=O) groups excluding carboxylic acids is 1. The van der Waals surface area contributed by atoms with E-state index in [4.69, 9.17) is 0 Å². The third-order valence-electron chi connectivity index (χ3n) is 5.23. The predicted molar refractivity (Wildman–Crippen MR) is 78.6 cm³/mol. The van der Waals surface area contributed by atoms with Crippen LogP contribution in [-0.4, -0.2) is 34.0 Å². The van der Waals surface area contributed by atoms with Gasteiger partial charge < -0.3 is 10.4 Å². The van der Waals surface area contributed by atoms with Crippen LogP contribution in [0.3, 0.4) is 0 Å². The first kappa shape index (κ1) is 14.2. The van der Waals surface area contributed by atoms with Gasteiger partial charge in [0.2, 0.25) is 5.91 Å². The molecule has 1 saturated heterocycles. The van der Waals surface area contributed by atoms with Crippen molar-refractivity contribution in [3.63, 3.8) is 0 Å².